The number of aliphatic hydroxyl groups excluding tert-OH is 1. The molecule has 0 radical (unpaired) electrons. The van der Waals surface area contributed by atoms with Crippen LogP contribution in [0.2, 0.25) is 0 Å². The van der Waals surface area contributed by atoms with Gasteiger partial charge in [0.2, 0.25) is 0 Å². The van der Waals surface area contributed by atoms with Crippen LogP contribution in [0.4, 0.5) is 0 Å². The lowest BCUT2D eigenvalue weighted by Gasteiger charge is -2.03. The van der Waals surface area contributed by atoms with Gasteiger partial charge in [0.15, 0.2) is 0 Å². The van der Waals surface area contributed by atoms with E-state index in [4.69, 9.17) is 9.52 Å². The summed E-state index contributed by atoms with van der Waals surface area (Å²) in [6.45, 7) is 3.49. The van der Waals surface area contributed by atoms with Gasteiger partial charge in [-0.2, -0.15) is 0 Å². The molecule has 1 aromatic rings. The van der Waals surface area contributed by atoms with Gasteiger partial charge in [-0.15, -0.1) is 0 Å². The molecule has 0 bridgehead atoms. The number of rotatable bonds is 3. The molecule has 13 heavy (non-hydrogen) atoms. The number of nitrogens with zero attached hydrogens (tertiary/aromatic N) is 1. The van der Waals surface area contributed by atoms with Gasteiger partial charge in [0.25, 0.3) is 5.89 Å². The Hall–Kier alpha value is -1.36. The molecule has 0 unspecified atom stereocenters. The van der Waals surface area contributed by atoms with E-state index in [1.54, 1.807) is 13.8 Å². The molecule has 0 spiro atoms. The predicted molar refractivity (Wildman–Crippen MR) is 45.3 cm³/mol. The van der Waals surface area contributed by atoms with Crippen molar-refractivity contribution < 1.29 is 14.3 Å². The van der Waals surface area contributed by atoms with Gasteiger partial charge in [0.1, 0.15) is 5.76 Å². The predicted octanol–water partition coefficient (Wildman–Crippen LogP) is 0.0936. The lowest BCUT2D eigenvalue weighted by atomic mass is 10.4. The summed E-state index contributed by atoms with van der Waals surface area (Å²) in [5.41, 5.74) is 0. The molecule has 1 amide bonds. The van der Waals surface area contributed by atoms with Crippen molar-refractivity contribution in [2.24, 2.45) is 0 Å². The summed E-state index contributed by atoms with van der Waals surface area (Å²) in [5, 5.41) is 11.4. The molecule has 2 N–H and O–H groups in total. The Morgan fingerprint density at radius 2 is 2.54 bits per heavy atom. The quantitative estimate of drug-likeness (QED) is 0.698. The van der Waals surface area contributed by atoms with Crippen LogP contribution in [0.25, 0.3) is 0 Å². The number of hydrogen-bond donors (Lipinski definition) is 2. The Balaban J connectivity index is 2.49. The molecule has 0 aliphatic rings. The average molecular weight is 184 g/mol. The van der Waals surface area contributed by atoms with Crippen LogP contribution in [0, 0.1) is 6.92 Å². The molecule has 1 aromatic heterocycles. The molecular weight excluding hydrogens is 172 g/mol. The topological polar surface area (TPSA) is 75.4 Å². The van der Waals surface area contributed by atoms with Gasteiger partial charge in [-0.05, 0) is 13.8 Å². The zero-order valence-electron chi connectivity index (χ0n) is 7.57. The molecular formula is C8H12N2O3. The Morgan fingerprint density at radius 3 is 3.00 bits per heavy atom. The van der Waals surface area contributed by atoms with Crippen molar-refractivity contribution in [3.63, 3.8) is 0 Å². The van der Waals surface area contributed by atoms with Gasteiger partial charge in [-0.1, -0.05) is 0 Å². The molecule has 0 aliphatic heterocycles. The standard InChI is InChI=1S/C8H12N2O3/c1-5(11)3-9-7(12)8-10-4-6(2)13-8/h4-5,11H,3H2,1-2H3,(H,9,12)/t5-/m1/s1. The van der Waals surface area contributed by atoms with E-state index in [1.807, 2.05) is 0 Å². The summed E-state index contributed by atoms with van der Waals surface area (Å²) in [6, 6.07) is 0. The van der Waals surface area contributed by atoms with Crippen LogP contribution in [-0.4, -0.2) is 28.6 Å². The first-order valence-corrected chi connectivity index (χ1v) is 3.98. The Bertz CT molecular complexity index is 293. The molecule has 1 atom stereocenters. The van der Waals surface area contributed by atoms with Crippen molar-refractivity contribution >= 4 is 5.91 Å². The molecule has 0 saturated heterocycles. The van der Waals surface area contributed by atoms with Crippen LogP contribution in [0.15, 0.2) is 10.6 Å². The summed E-state index contributed by atoms with van der Waals surface area (Å²) >= 11 is 0. The van der Waals surface area contributed by atoms with Gasteiger partial charge in [-0.25, -0.2) is 4.98 Å². The molecule has 0 fully saturated rings. The maximum absolute atomic E-state index is 11.2. The molecule has 1 heterocycles. The van der Waals surface area contributed by atoms with E-state index in [9.17, 15) is 4.79 Å². The lowest BCUT2D eigenvalue weighted by molar-refractivity contribution is 0.0888. The highest BCUT2D eigenvalue weighted by Gasteiger charge is 2.11. The molecule has 5 nitrogen and oxygen atoms in total. The van der Waals surface area contributed by atoms with Crippen molar-refractivity contribution in [1.29, 1.82) is 0 Å². The second kappa shape index (κ2) is 4.04. The van der Waals surface area contributed by atoms with Crippen LogP contribution < -0.4 is 5.32 Å². The highest BCUT2D eigenvalue weighted by atomic mass is 16.4. The van der Waals surface area contributed by atoms with Crippen LogP contribution in [0.3, 0.4) is 0 Å². The van der Waals surface area contributed by atoms with Crippen molar-refractivity contribution in [2.75, 3.05) is 6.54 Å². The van der Waals surface area contributed by atoms with Gasteiger partial charge in [-0.3, -0.25) is 4.79 Å². The fraction of sp³-hybridized carbons (Fsp3) is 0.500. The zero-order valence-corrected chi connectivity index (χ0v) is 7.57. The van der Waals surface area contributed by atoms with E-state index >= 15 is 0 Å². The fourth-order valence-corrected chi connectivity index (χ4v) is 0.776. The van der Waals surface area contributed by atoms with Crippen molar-refractivity contribution in [2.45, 2.75) is 20.0 Å². The number of hydrogen-bond acceptors (Lipinski definition) is 4. The number of amides is 1. The van der Waals surface area contributed by atoms with Crippen molar-refractivity contribution in [1.82, 2.24) is 10.3 Å². The molecule has 0 aromatic carbocycles. The van der Waals surface area contributed by atoms with Crippen LogP contribution >= 0.6 is 0 Å². The number of carbonyl (C=O) groups is 1. The number of aryl methyl sites for hydroxylation is 1. The number of carbonyl (C=O) groups excluding carboxylic acids is 1. The van der Waals surface area contributed by atoms with Gasteiger partial charge >= 0.3 is 5.91 Å². The molecule has 5 heteroatoms. The van der Waals surface area contributed by atoms with Crippen molar-refractivity contribution in [3.05, 3.63) is 17.8 Å². The van der Waals surface area contributed by atoms with E-state index in [1.165, 1.54) is 6.20 Å². The first kappa shape index (κ1) is 9.73. The third kappa shape index (κ3) is 2.87. The van der Waals surface area contributed by atoms with Crippen LogP contribution in [-0.2, 0) is 0 Å². The third-order valence-electron chi connectivity index (χ3n) is 1.37. The first-order valence-electron chi connectivity index (χ1n) is 3.98. The smallest absolute Gasteiger partial charge is 0.307 e. The normalized spacial score (nSPS) is 12.5. The van der Waals surface area contributed by atoms with E-state index in [-0.39, 0.29) is 12.4 Å². The van der Waals surface area contributed by atoms with Crippen LogP contribution in [0.1, 0.15) is 23.4 Å². The SMILES string of the molecule is Cc1cnc(C(=O)NC[C@@H](C)O)o1. The maximum Gasteiger partial charge on any atom is 0.307 e. The molecule has 1 rings (SSSR count). The largest absolute Gasteiger partial charge is 0.438 e. The minimum atomic E-state index is -0.569. The zero-order chi connectivity index (χ0) is 9.84. The summed E-state index contributed by atoms with van der Waals surface area (Å²) in [5.74, 6) is 0.203. The van der Waals surface area contributed by atoms with Crippen molar-refractivity contribution in [3.8, 4) is 0 Å². The minimum absolute atomic E-state index is 0.0261. The van der Waals surface area contributed by atoms with E-state index in [2.05, 4.69) is 10.3 Å². The maximum atomic E-state index is 11.2. The number of aliphatic hydroxyl groups is 1. The first-order chi connectivity index (χ1) is 6.09. The fourth-order valence-electron chi connectivity index (χ4n) is 0.776. The highest BCUT2D eigenvalue weighted by molar-refractivity contribution is 5.89. The van der Waals surface area contributed by atoms with Gasteiger partial charge in [0.05, 0.1) is 12.3 Å². The Kier molecular flexibility index (Phi) is 3.02. The van der Waals surface area contributed by atoms with Crippen LogP contribution in [0.5, 0.6) is 0 Å². The molecule has 0 saturated carbocycles. The van der Waals surface area contributed by atoms with E-state index < -0.39 is 12.0 Å². The lowest BCUT2D eigenvalue weighted by Crippen LogP contribution is -2.30. The Labute approximate surface area is 75.8 Å². The number of nitrogens with one attached hydrogen (secondary N) is 1. The number of aromatic nitrogens is 1. The second-order valence-electron chi connectivity index (χ2n) is 2.84. The van der Waals surface area contributed by atoms with Gasteiger partial charge in [0, 0.05) is 6.54 Å². The van der Waals surface area contributed by atoms with E-state index in [0.717, 1.165) is 0 Å². The summed E-state index contributed by atoms with van der Waals surface area (Å²) < 4.78 is 4.97. The highest BCUT2D eigenvalue weighted by Crippen LogP contribution is 2.00. The molecule has 72 valence electrons. The molecule has 0 aliphatic carbocycles. The monoisotopic (exact) mass is 184 g/mol. The van der Waals surface area contributed by atoms with Gasteiger partial charge < -0.3 is 14.8 Å². The Morgan fingerprint density at radius 1 is 1.85 bits per heavy atom. The van der Waals surface area contributed by atoms with E-state index in [0.29, 0.717) is 5.76 Å². The third-order valence-corrected chi connectivity index (χ3v) is 1.37. The average Bonchev–Trinajstić information content (AvgIpc) is 2.47. The second-order valence-corrected chi connectivity index (χ2v) is 2.84. The summed E-state index contributed by atoms with van der Waals surface area (Å²) in [6.07, 6.45) is 0.900. The summed E-state index contributed by atoms with van der Waals surface area (Å²) in [7, 11) is 0. The summed E-state index contributed by atoms with van der Waals surface area (Å²) in [4.78, 5) is 14.9. The number of oxazole rings is 1. The minimum Gasteiger partial charge on any atom is -0.438 e.